The number of nitrogens with one attached hydrogen (secondary N) is 1. The molecule has 32 heavy (non-hydrogen) atoms. The van der Waals surface area contributed by atoms with E-state index in [-0.39, 0.29) is 17.1 Å². The smallest absolute Gasteiger partial charge is 0.148 e. The molecule has 158 valence electrons. The summed E-state index contributed by atoms with van der Waals surface area (Å²) in [5.74, 6) is 0.193. The molecule has 9 nitrogen and oxygen atoms in total. The molecular formula is C22H18ClN9. The zero-order valence-corrected chi connectivity index (χ0v) is 17.7. The van der Waals surface area contributed by atoms with Gasteiger partial charge in [0.2, 0.25) is 0 Å². The van der Waals surface area contributed by atoms with Gasteiger partial charge in [0.1, 0.15) is 28.8 Å². The second-order valence-corrected chi connectivity index (χ2v) is 8.06. The summed E-state index contributed by atoms with van der Waals surface area (Å²) in [5, 5.41) is 24.7. The molecule has 4 aromatic rings. The molecule has 1 saturated heterocycles. The van der Waals surface area contributed by atoms with Crippen LogP contribution in [0.2, 0.25) is 5.15 Å². The molecule has 0 radical (unpaired) electrons. The van der Waals surface area contributed by atoms with Crippen molar-refractivity contribution >= 4 is 28.3 Å². The van der Waals surface area contributed by atoms with E-state index in [4.69, 9.17) is 11.6 Å². The van der Waals surface area contributed by atoms with Crippen LogP contribution in [0.4, 0.5) is 5.69 Å². The number of H-pyrrole nitrogens is 1. The van der Waals surface area contributed by atoms with Crippen LogP contribution in [-0.2, 0) is 0 Å². The predicted octanol–water partition coefficient (Wildman–Crippen LogP) is 3.72. The van der Waals surface area contributed by atoms with Crippen molar-refractivity contribution in [2.24, 2.45) is 5.92 Å². The van der Waals surface area contributed by atoms with Gasteiger partial charge < -0.3 is 9.88 Å². The largest absolute Gasteiger partial charge is 0.370 e. The zero-order chi connectivity index (χ0) is 22.1. The number of nitrogens with zero attached hydrogens (tertiary/aromatic N) is 8. The van der Waals surface area contributed by atoms with E-state index in [2.05, 4.69) is 42.1 Å². The lowest BCUT2D eigenvalue weighted by Crippen LogP contribution is -2.25. The molecule has 0 saturated carbocycles. The molecule has 0 amide bonds. The first kappa shape index (κ1) is 20.0. The summed E-state index contributed by atoms with van der Waals surface area (Å²) in [7, 11) is 0. The molecule has 1 fully saturated rings. The van der Waals surface area contributed by atoms with Gasteiger partial charge in [-0.1, -0.05) is 11.6 Å². The zero-order valence-electron chi connectivity index (χ0n) is 17.0. The number of nitriles is 2. The van der Waals surface area contributed by atoms with Gasteiger partial charge in [-0.25, -0.2) is 15.0 Å². The van der Waals surface area contributed by atoms with Crippen molar-refractivity contribution in [3.05, 3.63) is 54.0 Å². The molecule has 0 aliphatic carbocycles. The van der Waals surface area contributed by atoms with E-state index in [9.17, 15) is 10.5 Å². The third-order valence-electron chi connectivity index (χ3n) is 5.97. The Morgan fingerprint density at radius 2 is 2.16 bits per heavy atom. The average Bonchev–Trinajstić information content (AvgIpc) is 3.57. The van der Waals surface area contributed by atoms with Crippen LogP contribution >= 0.6 is 11.6 Å². The normalized spacial score (nSPS) is 16.7. The van der Waals surface area contributed by atoms with Gasteiger partial charge >= 0.3 is 0 Å². The van der Waals surface area contributed by atoms with Crippen LogP contribution < -0.4 is 4.90 Å². The molecular weight excluding hydrogens is 426 g/mol. The van der Waals surface area contributed by atoms with Crippen LogP contribution in [0.5, 0.6) is 0 Å². The van der Waals surface area contributed by atoms with Crippen molar-refractivity contribution in [3.8, 4) is 23.4 Å². The third kappa shape index (κ3) is 3.43. The molecule has 5 heterocycles. The summed E-state index contributed by atoms with van der Waals surface area (Å²) in [6, 6.07) is 8.13. The van der Waals surface area contributed by atoms with E-state index in [0.29, 0.717) is 18.5 Å². The number of rotatable bonds is 5. The van der Waals surface area contributed by atoms with Crippen molar-refractivity contribution in [1.29, 1.82) is 10.5 Å². The monoisotopic (exact) mass is 443 g/mol. The third-order valence-corrected chi connectivity index (χ3v) is 6.26. The number of hydrogen-bond donors (Lipinski definition) is 1. The predicted molar refractivity (Wildman–Crippen MR) is 119 cm³/mol. The fraction of sp³-hybridized carbons (Fsp3) is 0.273. The Morgan fingerprint density at radius 1 is 1.25 bits per heavy atom. The number of hydrogen-bond acceptors (Lipinski definition) is 7. The Hall–Kier alpha value is -3.95. The highest BCUT2D eigenvalue weighted by Gasteiger charge is 2.32. The lowest BCUT2D eigenvalue weighted by atomic mass is 9.96. The summed E-state index contributed by atoms with van der Waals surface area (Å²) in [6.07, 6.45) is 9.92. The van der Waals surface area contributed by atoms with Gasteiger partial charge in [0, 0.05) is 48.5 Å². The summed E-state index contributed by atoms with van der Waals surface area (Å²) >= 11 is 6.12. The van der Waals surface area contributed by atoms with Gasteiger partial charge in [-0.05, 0) is 18.6 Å². The fourth-order valence-corrected chi connectivity index (χ4v) is 4.62. The number of aromatic nitrogens is 6. The molecule has 10 heteroatoms. The highest BCUT2D eigenvalue weighted by Crippen LogP contribution is 2.36. The quantitative estimate of drug-likeness (QED) is 0.466. The molecule has 2 atom stereocenters. The van der Waals surface area contributed by atoms with Gasteiger partial charge in [0.15, 0.2) is 0 Å². The highest BCUT2D eigenvalue weighted by atomic mass is 35.5. The number of aromatic amines is 1. The Bertz CT molecular complexity index is 1360. The SMILES string of the molecule is N#CC[C@@H]([C@H]1CCN(c2ccnc(Cl)c2C#N)C1)n1cc(-c2ncnc3[nH]ccc23)cn1. The summed E-state index contributed by atoms with van der Waals surface area (Å²) < 4.78 is 1.87. The number of anilines is 1. The van der Waals surface area contributed by atoms with Gasteiger partial charge in [-0.3, -0.25) is 4.68 Å². The molecule has 5 rings (SSSR count). The van der Waals surface area contributed by atoms with Crippen molar-refractivity contribution in [2.75, 3.05) is 18.0 Å². The van der Waals surface area contributed by atoms with Crippen LogP contribution in [0.15, 0.2) is 43.2 Å². The Morgan fingerprint density at radius 3 is 3.00 bits per heavy atom. The summed E-state index contributed by atoms with van der Waals surface area (Å²) in [6.45, 7) is 1.47. The minimum atomic E-state index is -0.0925. The van der Waals surface area contributed by atoms with E-state index in [1.807, 2.05) is 29.2 Å². The first-order chi connectivity index (χ1) is 15.7. The molecule has 0 unspecified atom stereocenters. The van der Waals surface area contributed by atoms with Crippen molar-refractivity contribution < 1.29 is 0 Å². The van der Waals surface area contributed by atoms with E-state index < -0.39 is 0 Å². The van der Waals surface area contributed by atoms with Crippen LogP contribution in [-0.4, -0.2) is 42.8 Å². The van der Waals surface area contributed by atoms with E-state index in [0.717, 1.165) is 40.9 Å². The average molecular weight is 444 g/mol. The first-order valence-electron chi connectivity index (χ1n) is 10.2. The second kappa shape index (κ2) is 8.29. The van der Waals surface area contributed by atoms with E-state index in [1.54, 1.807) is 12.4 Å². The lowest BCUT2D eigenvalue weighted by molar-refractivity contribution is 0.332. The van der Waals surface area contributed by atoms with Gasteiger partial charge in [-0.15, -0.1) is 0 Å². The minimum Gasteiger partial charge on any atom is -0.370 e. The summed E-state index contributed by atoms with van der Waals surface area (Å²) in [4.78, 5) is 17.9. The van der Waals surface area contributed by atoms with Gasteiger partial charge in [-0.2, -0.15) is 15.6 Å². The fourth-order valence-electron chi connectivity index (χ4n) is 4.43. The maximum atomic E-state index is 9.50. The highest BCUT2D eigenvalue weighted by molar-refractivity contribution is 6.30. The first-order valence-corrected chi connectivity index (χ1v) is 10.6. The van der Waals surface area contributed by atoms with E-state index in [1.165, 1.54) is 6.33 Å². The second-order valence-electron chi connectivity index (χ2n) is 7.70. The van der Waals surface area contributed by atoms with Crippen LogP contribution in [0, 0.1) is 28.6 Å². The molecule has 1 N–H and O–H groups in total. The maximum absolute atomic E-state index is 9.50. The number of fused-ring (bicyclic) bond motifs is 1. The molecule has 1 aliphatic rings. The summed E-state index contributed by atoms with van der Waals surface area (Å²) in [5.41, 5.74) is 3.61. The van der Waals surface area contributed by atoms with Crippen molar-refractivity contribution in [3.63, 3.8) is 0 Å². The lowest BCUT2D eigenvalue weighted by Gasteiger charge is -2.24. The van der Waals surface area contributed by atoms with Crippen LogP contribution in [0.1, 0.15) is 24.4 Å². The molecule has 0 aromatic carbocycles. The van der Waals surface area contributed by atoms with Crippen LogP contribution in [0.25, 0.3) is 22.3 Å². The molecule has 0 bridgehead atoms. The van der Waals surface area contributed by atoms with Crippen LogP contribution in [0.3, 0.4) is 0 Å². The Balaban J connectivity index is 1.42. The van der Waals surface area contributed by atoms with Crippen molar-refractivity contribution in [1.82, 2.24) is 29.7 Å². The number of pyridine rings is 1. The topological polar surface area (TPSA) is 123 Å². The standard InChI is InChI=1S/C22H18ClN9/c23-21-17(9-25)19(3-7-26-21)31-8-4-14(11-31)18(1-5-24)32-12-15(10-30-32)20-16-2-6-27-22(16)29-13-28-20/h2-3,6-7,10,12-14,18H,1,4,8,11H2,(H,27,28,29)/t14-,18-/m0/s1. The van der Waals surface area contributed by atoms with E-state index >= 15 is 0 Å². The minimum absolute atomic E-state index is 0.0925. The van der Waals surface area contributed by atoms with Gasteiger partial charge in [0.25, 0.3) is 0 Å². The Kier molecular flexibility index (Phi) is 5.18. The van der Waals surface area contributed by atoms with Crippen molar-refractivity contribution in [2.45, 2.75) is 18.9 Å². The molecule has 4 aromatic heterocycles. The molecule has 1 aliphatic heterocycles. The van der Waals surface area contributed by atoms with Gasteiger partial charge in [0.05, 0.1) is 36.1 Å². The Labute approximate surface area is 188 Å². The maximum Gasteiger partial charge on any atom is 0.148 e. The number of halogens is 1. The molecule has 0 spiro atoms.